The number of pyridine rings is 1. The molecule has 1 fully saturated rings. The van der Waals surface area contributed by atoms with Gasteiger partial charge in [0, 0.05) is 32.4 Å². The summed E-state index contributed by atoms with van der Waals surface area (Å²) < 4.78 is 22.4. The average molecular weight is 371 g/mol. The molecule has 0 unspecified atom stereocenters. The molecule has 8 heteroatoms. The number of carbonyl (C=O) groups is 1. The third-order valence-corrected chi connectivity index (χ3v) is 5.16. The molecule has 0 spiro atoms. The van der Waals surface area contributed by atoms with Crippen LogP contribution in [0.1, 0.15) is 16.4 Å². The van der Waals surface area contributed by atoms with Crippen LogP contribution in [0.15, 0.2) is 17.1 Å². The standard InChI is InChI=1S/C19H18FN3O4/c1-3-11-10-27-18-15-12(17(24)13(19(25)26)9-23(11)15)8-14(20)16(18)22-6-4-21(2)5-7-22/h1,8-9,11H,4-7,10H2,2H3,(H,25,26)/t11-/m0/s1. The van der Waals surface area contributed by atoms with Gasteiger partial charge in [0.25, 0.3) is 0 Å². The first-order valence-electron chi connectivity index (χ1n) is 8.59. The van der Waals surface area contributed by atoms with Gasteiger partial charge in [-0.25, -0.2) is 9.18 Å². The molecular formula is C19H18FN3O4. The van der Waals surface area contributed by atoms with Gasteiger partial charge in [-0.2, -0.15) is 0 Å². The lowest BCUT2D eigenvalue weighted by Gasteiger charge is -2.36. The molecule has 2 aliphatic heterocycles. The number of carboxylic acids is 1. The van der Waals surface area contributed by atoms with E-state index in [-0.39, 0.29) is 17.7 Å². The molecule has 0 saturated carbocycles. The second-order valence-electron chi connectivity index (χ2n) is 6.80. The number of hydrogen-bond acceptors (Lipinski definition) is 5. The van der Waals surface area contributed by atoms with Crippen molar-refractivity contribution < 1.29 is 19.0 Å². The van der Waals surface area contributed by atoms with E-state index in [4.69, 9.17) is 11.2 Å². The smallest absolute Gasteiger partial charge is 0.341 e. The lowest BCUT2D eigenvalue weighted by molar-refractivity contribution is 0.0694. The molecule has 0 amide bonds. The molecule has 27 heavy (non-hydrogen) atoms. The second kappa shape index (κ2) is 6.28. The van der Waals surface area contributed by atoms with Crippen molar-refractivity contribution in [2.24, 2.45) is 0 Å². The van der Waals surface area contributed by atoms with Gasteiger partial charge >= 0.3 is 5.97 Å². The summed E-state index contributed by atoms with van der Waals surface area (Å²) in [5.74, 6) is 0.803. The van der Waals surface area contributed by atoms with E-state index in [1.54, 1.807) is 0 Å². The van der Waals surface area contributed by atoms with Crippen LogP contribution in [0.2, 0.25) is 0 Å². The molecule has 2 aromatic rings. The summed E-state index contributed by atoms with van der Waals surface area (Å²) in [6.07, 6.45) is 6.79. The number of nitrogens with zero attached hydrogens (tertiary/aromatic N) is 3. The second-order valence-corrected chi connectivity index (χ2v) is 6.80. The molecule has 4 rings (SSSR count). The van der Waals surface area contributed by atoms with E-state index in [2.05, 4.69) is 10.8 Å². The average Bonchev–Trinajstić information content (AvgIpc) is 2.65. The van der Waals surface area contributed by atoms with Crippen LogP contribution in [0.25, 0.3) is 10.9 Å². The Morgan fingerprint density at radius 1 is 1.37 bits per heavy atom. The van der Waals surface area contributed by atoms with E-state index in [9.17, 15) is 14.7 Å². The summed E-state index contributed by atoms with van der Waals surface area (Å²) in [6, 6.07) is 0.518. The number of likely N-dealkylation sites (N-methyl/N-ethyl adjacent to an activating group) is 1. The number of ether oxygens (including phenoxy) is 1. The van der Waals surface area contributed by atoms with E-state index >= 15 is 4.39 Å². The molecule has 1 aromatic heterocycles. The maximum absolute atomic E-state index is 15.0. The number of anilines is 1. The molecule has 1 aromatic carbocycles. The monoisotopic (exact) mass is 371 g/mol. The molecule has 1 atom stereocenters. The number of piperazine rings is 1. The fourth-order valence-corrected chi connectivity index (χ4v) is 3.67. The van der Waals surface area contributed by atoms with Crippen molar-refractivity contribution in [3.8, 4) is 18.1 Å². The quantitative estimate of drug-likeness (QED) is 0.799. The number of terminal acetylenes is 1. The molecule has 1 saturated heterocycles. The van der Waals surface area contributed by atoms with Crippen molar-refractivity contribution in [1.29, 1.82) is 0 Å². The Hall–Kier alpha value is -3.05. The van der Waals surface area contributed by atoms with Gasteiger partial charge in [0.2, 0.25) is 5.43 Å². The summed E-state index contributed by atoms with van der Waals surface area (Å²) >= 11 is 0. The molecule has 3 heterocycles. The molecule has 0 bridgehead atoms. The third kappa shape index (κ3) is 2.62. The summed E-state index contributed by atoms with van der Waals surface area (Å²) in [4.78, 5) is 28.1. The normalized spacial score (nSPS) is 19.6. The van der Waals surface area contributed by atoms with Gasteiger partial charge in [-0.1, -0.05) is 5.92 Å². The van der Waals surface area contributed by atoms with Crippen molar-refractivity contribution in [3.63, 3.8) is 0 Å². The van der Waals surface area contributed by atoms with Crippen LogP contribution in [0.5, 0.6) is 5.75 Å². The lowest BCUT2D eigenvalue weighted by atomic mass is 10.0. The van der Waals surface area contributed by atoms with Gasteiger partial charge < -0.3 is 24.2 Å². The predicted octanol–water partition coefficient (Wildman–Crippen LogP) is 1.16. The van der Waals surface area contributed by atoms with E-state index in [0.29, 0.717) is 24.3 Å². The zero-order valence-corrected chi connectivity index (χ0v) is 14.7. The van der Waals surface area contributed by atoms with Crippen molar-refractivity contribution in [3.05, 3.63) is 33.9 Å². The third-order valence-electron chi connectivity index (χ3n) is 5.16. The molecule has 2 aliphatic rings. The summed E-state index contributed by atoms with van der Waals surface area (Å²) in [7, 11) is 2.00. The van der Waals surface area contributed by atoms with Gasteiger partial charge in [-0.3, -0.25) is 4.79 Å². The molecular weight excluding hydrogens is 353 g/mol. The van der Waals surface area contributed by atoms with Crippen LogP contribution in [-0.4, -0.2) is 60.4 Å². The number of hydrogen-bond donors (Lipinski definition) is 1. The van der Waals surface area contributed by atoms with Gasteiger partial charge in [0.05, 0.1) is 10.9 Å². The van der Waals surface area contributed by atoms with Crippen LogP contribution in [0.3, 0.4) is 0 Å². The maximum Gasteiger partial charge on any atom is 0.341 e. The van der Waals surface area contributed by atoms with Crippen LogP contribution in [0.4, 0.5) is 10.1 Å². The first-order chi connectivity index (χ1) is 12.9. The number of carboxylic acid groups (broad SMARTS) is 1. The molecule has 7 nitrogen and oxygen atoms in total. The zero-order chi connectivity index (χ0) is 19.3. The molecule has 140 valence electrons. The van der Waals surface area contributed by atoms with Crippen LogP contribution < -0.4 is 15.1 Å². The highest BCUT2D eigenvalue weighted by molar-refractivity contribution is 5.97. The van der Waals surface area contributed by atoms with E-state index in [1.807, 2.05) is 11.9 Å². The number of aromatic nitrogens is 1. The van der Waals surface area contributed by atoms with E-state index < -0.39 is 28.8 Å². The first kappa shape index (κ1) is 17.4. The predicted molar refractivity (Wildman–Crippen MR) is 98.2 cm³/mol. The topological polar surface area (TPSA) is 75.0 Å². The van der Waals surface area contributed by atoms with Crippen molar-refractivity contribution >= 4 is 22.6 Å². The highest BCUT2D eigenvalue weighted by Crippen LogP contribution is 2.42. The number of aromatic carboxylic acids is 1. The molecule has 0 aliphatic carbocycles. The fraction of sp³-hybridized carbons (Fsp3) is 0.368. The minimum Gasteiger partial charge on any atom is -0.486 e. The molecule has 0 radical (unpaired) electrons. The van der Waals surface area contributed by atoms with Crippen LogP contribution in [-0.2, 0) is 0 Å². The summed E-state index contributed by atoms with van der Waals surface area (Å²) in [6.45, 7) is 2.85. The number of halogens is 1. The Labute approximate surface area is 154 Å². The largest absolute Gasteiger partial charge is 0.486 e. The van der Waals surface area contributed by atoms with E-state index in [0.717, 1.165) is 19.2 Å². The van der Waals surface area contributed by atoms with Crippen LogP contribution >= 0.6 is 0 Å². The van der Waals surface area contributed by atoms with Gasteiger partial charge in [0.1, 0.15) is 23.9 Å². The minimum absolute atomic E-state index is 0.0415. The summed E-state index contributed by atoms with van der Waals surface area (Å²) in [5, 5.41) is 9.30. The maximum atomic E-state index is 15.0. The van der Waals surface area contributed by atoms with Crippen molar-refractivity contribution in [1.82, 2.24) is 9.47 Å². The van der Waals surface area contributed by atoms with Crippen molar-refractivity contribution in [2.45, 2.75) is 6.04 Å². The van der Waals surface area contributed by atoms with Crippen LogP contribution in [0, 0.1) is 18.2 Å². The molecule has 1 N–H and O–H groups in total. The highest BCUT2D eigenvalue weighted by Gasteiger charge is 2.31. The Kier molecular flexibility index (Phi) is 4.04. The van der Waals surface area contributed by atoms with Gasteiger partial charge in [-0.15, -0.1) is 6.42 Å². The van der Waals surface area contributed by atoms with Crippen molar-refractivity contribution in [2.75, 3.05) is 44.7 Å². The highest BCUT2D eigenvalue weighted by atomic mass is 19.1. The number of benzene rings is 1. The van der Waals surface area contributed by atoms with Gasteiger partial charge in [-0.05, 0) is 13.1 Å². The Morgan fingerprint density at radius 2 is 2.07 bits per heavy atom. The Morgan fingerprint density at radius 3 is 2.70 bits per heavy atom. The fourth-order valence-electron chi connectivity index (χ4n) is 3.67. The Balaban J connectivity index is 2.02. The van der Waals surface area contributed by atoms with Gasteiger partial charge in [0.15, 0.2) is 11.6 Å². The van der Waals surface area contributed by atoms with E-state index in [1.165, 1.54) is 10.8 Å². The number of rotatable bonds is 2. The zero-order valence-electron chi connectivity index (χ0n) is 14.7. The SMILES string of the molecule is C#C[C@H]1COc2c(N3CCN(C)CC3)c(F)cc3c(=O)c(C(=O)O)cn1c23. The minimum atomic E-state index is -1.38. The Bertz CT molecular complexity index is 1050. The summed E-state index contributed by atoms with van der Waals surface area (Å²) in [5.41, 5.74) is -0.556. The first-order valence-corrected chi connectivity index (χ1v) is 8.59. The lowest BCUT2D eigenvalue weighted by Crippen LogP contribution is -2.45.